The molecule has 0 spiro atoms. The first kappa shape index (κ1) is 20.9. The second kappa shape index (κ2) is 8.81. The molecule has 1 saturated heterocycles. The van der Waals surface area contributed by atoms with Crippen LogP contribution in [-0.4, -0.2) is 38.6 Å². The van der Waals surface area contributed by atoms with Crippen molar-refractivity contribution >= 4 is 22.5 Å². The van der Waals surface area contributed by atoms with Crippen LogP contribution in [0.3, 0.4) is 0 Å². The summed E-state index contributed by atoms with van der Waals surface area (Å²) in [6.07, 6.45) is 3.11. The van der Waals surface area contributed by atoms with Crippen LogP contribution in [0.5, 0.6) is 0 Å². The highest BCUT2D eigenvalue weighted by atomic mass is 19.1. The predicted molar refractivity (Wildman–Crippen MR) is 114 cm³/mol. The van der Waals surface area contributed by atoms with Crippen molar-refractivity contribution in [3.8, 4) is 0 Å². The molecule has 0 atom stereocenters. The fourth-order valence-corrected chi connectivity index (χ4v) is 3.91. The zero-order valence-electron chi connectivity index (χ0n) is 17.3. The molecule has 1 aliphatic rings. The molecule has 0 saturated carbocycles. The van der Waals surface area contributed by atoms with Gasteiger partial charge in [0.25, 0.3) is 5.69 Å². The highest BCUT2D eigenvalue weighted by Gasteiger charge is 2.25. The number of nitro groups is 1. The van der Waals surface area contributed by atoms with E-state index in [1.807, 2.05) is 10.7 Å². The first-order valence-corrected chi connectivity index (χ1v) is 10.3. The van der Waals surface area contributed by atoms with E-state index >= 15 is 0 Å². The Hall–Kier alpha value is -3.33. The second-order valence-electron chi connectivity index (χ2n) is 7.98. The fraction of sp³-hybridized carbons (Fsp3) is 0.364. The lowest BCUT2D eigenvalue weighted by molar-refractivity contribution is -0.384. The van der Waals surface area contributed by atoms with Crippen molar-refractivity contribution in [2.45, 2.75) is 33.0 Å². The number of benzene rings is 2. The Morgan fingerprint density at radius 1 is 1.26 bits per heavy atom. The van der Waals surface area contributed by atoms with Gasteiger partial charge in [0.2, 0.25) is 5.91 Å². The van der Waals surface area contributed by atoms with Crippen molar-refractivity contribution in [1.29, 1.82) is 0 Å². The van der Waals surface area contributed by atoms with E-state index in [1.54, 1.807) is 25.3 Å². The van der Waals surface area contributed by atoms with Gasteiger partial charge in [-0.1, -0.05) is 12.1 Å². The lowest BCUT2D eigenvalue weighted by Gasteiger charge is -2.31. The largest absolute Gasteiger partial charge is 0.352 e. The normalized spacial score (nSPS) is 15.3. The monoisotopic (exact) mass is 425 g/mol. The maximum absolute atomic E-state index is 13.7. The summed E-state index contributed by atoms with van der Waals surface area (Å²) >= 11 is 0. The molecule has 1 aromatic heterocycles. The molecular weight excluding hydrogens is 401 g/mol. The van der Waals surface area contributed by atoms with E-state index in [0.29, 0.717) is 18.8 Å². The van der Waals surface area contributed by atoms with Gasteiger partial charge in [-0.2, -0.15) is 5.10 Å². The van der Waals surface area contributed by atoms with Crippen molar-refractivity contribution in [3.63, 3.8) is 0 Å². The molecule has 3 aromatic rings. The summed E-state index contributed by atoms with van der Waals surface area (Å²) in [5, 5.41) is 18.9. The number of hydrogen-bond donors (Lipinski definition) is 1. The van der Waals surface area contributed by atoms with Crippen LogP contribution in [0.1, 0.15) is 24.0 Å². The average molecular weight is 425 g/mol. The number of piperidine rings is 1. The van der Waals surface area contributed by atoms with E-state index in [0.717, 1.165) is 42.4 Å². The Morgan fingerprint density at radius 3 is 2.74 bits per heavy atom. The van der Waals surface area contributed by atoms with E-state index in [4.69, 9.17) is 0 Å². The zero-order chi connectivity index (χ0) is 22.0. The van der Waals surface area contributed by atoms with Crippen molar-refractivity contribution in [3.05, 3.63) is 69.7 Å². The fourth-order valence-electron chi connectivity index (χ4n) is 3.91. The third kappa shape index (κ3) is 4.72. The minimum absolute atomic E-state index is 0.00233. The van der Waals surface area contributed by atoms with E-state index in [-0.39, 0.29) is 23.3 Å². The molecule has 2 aromatic carbocycles. The number of fused-ring (bicyclic) bond motifs is 1. The van der Waals surface area contributed by atoms with Gasteiger partial charge in [0.1, 0.15) is 5.82 Å². The number of amides is 1. The van der Waals surface area contributed by atoms with Crippen molar-refractivity contribution < 1.29 is 14.1 Å². The summed E-state index contributed by atoms with van der Waals surface area (Å²) in [4.78, 5) is 25.2. The quantitative estimate of drug-likeness (QED) is 0.483. The Balaban J connectivity index is 1.29. The molecular formula is C22H24FN5O3. The summed E-state index contributed by atoms with van der Waals surface area (Å²) in [5.74, 6) is -0.332. The molecule has 1 N–H and O–H groups in total. The highest BCUT2D eigenvalue weighted by Crippen LogP contribution is 2.23. The van der Waals surface area contributed by atoms with Gasteiger partial charge in [0.05, 0.1) is 23.3 Å². The molecule has 162 valence electrons. The van der Waals surface area contributed by atoms with Crippen LogP contribution in [0.4, 0.5) is 10.1 Å². The number of rotatable bonds is 6. The van der Waals surface area contributed by atoms with Gasteiger partial charge >= 0.3 is 0 Å². The van der Waals surface area contributed by atoms with Gasteiger partial charge in [-0.05, 0) is 43.0 Å². The number of nitrogens with one attached hydrogen (secondary N) is 1. The van der Waals surface area contributed by atoms with Crippen LogP contribution in [0.25, 0.3) is 10.9 Å². The Bertz CT molecular complexity index is 1120. The number of aromatic nitrogens is 2. The van der Waals surface area contributed by atoms with Crippen LogP contribution in [0, 0.1) is 28.8 Å². The molecule has 1 fully saturated rings. The first-order valence-electron chi connectivity index (χ1n) is 10.3. The van der Waals surface area contributed by atoms with Gasteiger partial charge < -0.3 is 5.32 Å². The molecule has 31 heavy (non-hydrogen) atoms. The minimum Gasteiger partial charge on any atom is -0.352 e. The maximum atomic E-state index is 13.7. The molecule has 0 bridgehead atoms. The summed E-state index contributed by atoms with van der Waals surface area (Å²) < 4.78 is 15.5. The van der Waals surface area contributed by atoms with Crippen LogP contribution >= 0.6 is 0 Å². The van der Waals surface area contributed by atoms with Gasteiger partial charge in [0, 0.05) is 43.1 Å². The first-order chi connectivity index (χ1) is 14.9. The summed E-state index contributed by atoms with van der Waals surface area (Å²) in [6.45, 7) is 4.11. The number of halogens is 1. The number of carbonyl (C=O) groups is 1. The molecule has 0 unspecified atom stereocenters. The van der Waals surface area contributed by atoms with Crippen molar-refractivity contribution in [2.75, 3.05) is 13.1 Å². The number of nitrogens with zero attached hydrogens (tertiary/aromatic N) is 4. The van der Waals surface area contributed by atoms with Gasteiger partial charge in [-0.3, -0.25) is 24.5 Å². The van der Waals surface area contributed by atoms with Crippen molar-refractivity contribution in [2.24, 2.45) is 5.92 Å². The molecule has 4 rings (SSSR count). The molecule has 0 aliphatic carbocycles. The SMILES string of the molecule is Cc1ccc(CNC(=O)C2CCN(Cn3ncc4cc([N+](=O)[O-])ccc43)CC2)cc1F. The number of nitro benzene ring substituents is 1. The topological polar surface area (TPSA) is 93.3 Å². The number of hydrogen-bond acceptors (Lipinski definition) is 5. The van der Waals surface area contributed by atoms with Crippen molar-refractivity contribution in [1.82, 2.24) is 20.0 Å². The minimum atomic E-state index is -0.415. The molecule has 2 heterocycles. The molecule has 8 nitrogen and oxygen atoms in total. The molecule has 9 heteroatoms. The smallest absolute Gasteiger partial charge is 0.270 e. The van der Waals surface area contributed by atoms with Crippen LogP contribution in [0.15, 0.2) is 42.6 Å². The maximum Gasteiger partial charge on any atom is 0.270 e. The van der Waals surface area contributed by atoms with E-state index in [9.17, 15) is 19.3 Å². The molecule has 1 amide bonds. The molecule has 1 aliphatic heterocycles. The number of aryl methyl sites for hydroxylation is 1. The average Bonchev–Trinajstić information content (AvgIpc) is 3.17. The number of likely N-dealkylation sites (tertiary alicyclic amines) is 1. The van der Waals surface area contributed by atoms with Gasteiger partial charge in [-0.25, -0.2) is 4.39 Å². The standard InChI is InChI=1S/C22H24FN5O3/c1-15-2-3-16(10-20(15)23)12-24-22(29)17-6-8-26(9-7-17)14-27-21-5-4-19(28(30)31)11-18(21)13-25-27/h2-5,10-11,13,17H,6-9,12,14H2,1H3,(H,24,29). The van der Waals surface area contributed by atoms with Crippen LogP contribution < -0.4 is 5.32 Å². The van der Waals surface area contributed by atoms with Gasteiger partial charge in [0.15, 0.2) is 0 Å². The third-order valence-corrected chi connectivity index (χ3v) is 5.83. The lowest BCUT2D eigenvalue weighted by Crippen LogP contribution is -2.41. The Kier molecular flexibility index (Phi) is 5.94. The van der Waals surface area contributed by atoms with Gasteiger partial charge in [-0.15, -0.1) is 0 Å². The van der Waals surface area contributed by atoms with E-state index < -0.39 is 4.92 Å². The number of carbonyl (C=O) groups excluding carboxylic acids is 1. The second-order valence-corrected chi connectivity index (χ2v) is 7.98. The Morgan fingerprint density at radius 2 is 2.03 bits per heavy atom. The number of non-ortho nitro benzene ring substituents is 1. The third-order valence-electron chi connectivity index (χ3n) is 5.83. The summed E-state index contributed by atoms with van der Waals surface area (Å²) in [7, 11) is 0. The lowest BCUT2D eigenvalue weighted by atomic mass is 9.96. The van der Waals surface area contributed by atoms with Crippen LogP contribution in [0.2, 0.25) is 0 Å². The highest BCUT2D eigenvalue weighted by molar-refractivity contribution is 5.81. The van der Waals surface area contributed by atoms with E-state index in [2.05, 4.69) is 15.3 Å². The predicted octanol–water partition coefficient (Wildman–Crippen LogP) is 3.38. The van der Waals surface area contributed by atoms with E-state index in [1.165, 1.54) is 18.2 Å². The summed E-state index contributed by atoms with van der Waals surface area (Å²) in [5.41, 5.74) is 2.23. The Labute approximate surface area is 178 Å². The van der Waals surface area contributed by atoms with Crippen LogP contribution in [-0.2, 0) is 18.0 Å². The molecule has 0 radical (unpaired) electrons. The zero-order valence-corrected chi connectivity index (χ0v) is 17.3. The summed E-state index contributed by atoms with van der Waals surface area (Å²) in [6, 6.07) is 9.72.